The summed E-state index contributed by atoms with van der Waals surface area (Å²) in [5.41, 5.74) is 1.32. The predicted octanol–water partition coefficient (Wildman–Crippen LogP) is 3.39. The van der Waals surface area contributed by atoms with Crippen molar-refractivity contribution in [3.05, 3.63) is 35.9 Å². The molecular weight excluding hydrogens is 194 g/mol. The predicted molar refractivity (Wildman–Crippen MR) is 72.4 cm³/mol. The molecule has 1 aromatic rings. The Bertz CT molecular complexity index is 257. The summed E-state index contributed by atoms with van der Waals surface area (Å²) in [6.07, 6.45) is 12.2. The first-order valence-corrected chi connectivity index (χ1v) is 5.87. The summed E-state index contributed by atoms with van der Waals surface area (Å²) < 4.78 is 0. The molecule has 1 heterocycles. The van der Waals surface area contributed by atoms with E-state index in [9.17, 15) is 0 Å². The van der Waals surface area contributed by atoms with Crippen molar-refractivity contribution >= 4 is 0 Å². The molecule has 1 N–H and O–H groups in total. The number of piperidine rings is 1. The van der Waals surface area contributed by atoms with Gasteiger partial charge in [-0.3, -0.25) is 0 Å². The molecular formula is C15H23N. The van der Waals surface area contributed by atoms with Crippen LogP contribution in [0.2, 0.25) is 0 Å². The molecule has 0 amide bonds. The quantitative estimate of drug-likeness (QED) is 0.657. The van der Waals surface area contributed by atoms with E-state index in [-0.39, 0.29) is 0 Å². The van der Waals surface area contributed by atoms with Gasteiger partial charge in [0.25, 0.3) is 0 Å². The Morgan fingerprint density at radius 3 is 2.00 bits per heavy atom. The summed E-state index contributed by atoms with van der Waals surface area (Å²) in [4.78, 5) is 0. The van der Waals surface area contributed by atoms with E-state index in [1.54, 1.807) is 0 Å². The SMILES string of the molecule is C#C.C[C@H]1CCCCN1.Cc1ccccc1. The fourth-order valence-electron chi connectivity index (χ4n) is 1.56. The van der Waals surface area contributed by atoms with E-state index in [1.165, 1.54) is 31.4 Å². The molecule has 0 spiro atoms. The normalized spacial score (nSPS) is 18.4. The Morgan fingerprint density at radius 2 is 1.75 bits per heavy atom. The third kappa shape index (κ3) is 8.08. The Morgan fingerprint density at radius 1 is 1.12 bits per heavy atom. The number of hydrogen-bond acceptors (Lipinski definition) is 1. The second kappa shape index (κ2) is 10.3. The molecule has 1 heteroatoms. The van der Waals surface area contributed by atoms with Gasteiger partial charge in [-0.2, -0.15) is 0 Å². The fraction of sp³-hybridized carbons (Fsp3) is 0.467. The molecule has 0 radical (unpaired) electrons. The average Bonchev–Trinajstić information content (AvgIpc) is 2.34. The molecule has 1 aliphatic heterocycles. The van der Waals surface area contributed by atoms with Crippen LogP contribution in [0.15, 0.2) is 30.3 Å². The lowest BCUT2D eigenvalue weighted by atomic mass is 10.1. The third-order valence-electron chi connectivity index (χ3n) is 2.50. The van der Waals surface area contributed by atoms with Crippen molar-refractivity contribution in [3.8, 4) is 12.8 Å². The van der Waals surface area contributed by atoms with E-state index in [0.717, 1.165) is 6.04 Å². The van der Waals surface area contributed by atoms with E-state index in [4.69, 9.17) is 0 Å². The first-order valence-electron chi connectivity index (χ1n) is 5.87. The van der Waals surface area contributed by atoms with Gasteiger partial charge >= 0.3 is 0 Å². The average molecular weight is 217 g/mol. The molecule has 1 aliphatic rings. The van der Waals surface area contributed by atoms with Gasteiger partial charge < -0.3 is 5.32 Å². The molecule has 1 saturated heterocycles. The van der Waals surface area contributed by atoms with Crippen LogP contribution in [0.1, 0.15) is 31.7 Å². The first-order chi connectivity index (χ1) is 7.79. The Kier molecular flexibility index (Phi) is 9.46. The van der Waals surface area contributed by atoms with Crippen LogP contribution in [0, 0.1) is 19.8 Å². The van der Waals surface area contributed by atoms with Gasteiger partial charge in [0, 0.05) is 6.04 Å². The molecule has 0 unspecified atom stereocenters. The first kappa shape index (κ1) is 14.7. The molecule has 88 valence electrons. The van der Waals surface area contributed by atoms with Crippen molar-refractivity contribution in [1.29, 1.82) is 0 Å². The van der Waals surface area contributed by atoms with Crippen LogP contribution in [-0.2, 0) is 0 Å². The van der Waals surface area contributed by atoms with Crippen molar-refractivity contribution in [2.24, 2.45) is 0 Å². The molecule has 0 aliphatic carbocycles. The molecule has 2 rings (SSSR count). The fourth-order valence-corrected chi connectivity index (χ4v) is 1.56. The van der Waals surface area contributed by atoms with Gasteiger partial charge in [-0.05, 0) is 33.2 Å². The summed E-state index contributed by atoms with van der Waals surface area (Å²) in [6, 6.07) is 11.0. The maximum atomic E-state index is 4.00. The van der Waals surface area contributed by atoms with E-state index in [1.807, 2.05) is 18.2 Å². The number of aryl methyl sites for hydroxylation is 1. The topological polar surface area (TPSA) is 12.0 Å². The van der Waals surface area contributed by atoms with Crippen molar-refractivity contribution < 1.29 is 0 Å². The lowest BCUT2D eigenvalue weighted by Crippen LogP contribution is -2.30. The van der Waals surface area contributed by atoms with Crippen LogP contribution in [0.5, 0.6) is 0 Å². The largest absolute Gasteiger partial charge is 0.314 e. The van der Waals surface area contributed by atoms with Crippen LogP contribution in [0.25, 0.3) is 0 Å². The Labute approximate surface area is 100 Å². The zero-order valence-electron chi connectivity index (χ0n) is 10.4. The zero-order chi connectivity index (χ0) is 12.2. The van der Waals surface area contributed by atoms with E-state index in [0.29, 0.717) is 0 Å². The van der Waals surface area contributed by atoms with Crippen LogP contribution >= 0.6 is 0 Å². The number of rotatable bonds is 0. The van der Waals surface area contributed by atoms with Gasteiger partial charge in [0.05, 0.1) is 0 Å². The highest BCUT2D eigenvalue weighted by Gasteiger charge is 2.04. The molecule has 0 saturated carbocycles. The minimum atomic E-state index is 0.786. The molecule has 0 bridgehead atoms. The van der Waals surface area contributed by atoms with Gasteiger partial charge in [0.15, 0.2) is 0 Å². The summed E-state index contributed by atoms with van der Waals surface area (Å²) in [7, 11) is 0. The number of terminal acetylenes is 1. The van der Waals surface area contributed by atoms with Gasteiger partial charge in [-0.1, -0.05) is 42.3 Å². The number of hydrogen-bond donors (Lipinski definition) is 1. The van der Waals surface area contributed by atoms with Crippen LogP contribution in [0.4, 0.5) is 0 Å². The van der Waals surface area contributed by atoms with Gasteiger partial charge in [0.2, 0.25) is 0 Å². The minimum Gasteiger partial charge on any atom is -0.314 e. The van der Waals surface area contributed by atoms with Gasteiger partial charge in [0.1, 0.15) is 0 Å². The molecule has 1 fully saturated rings. The van der Waals surface area contributed by atoms with Crippen LogP contribution in [0.3, 0.4) is 0 Å². The standard InChI is InChI=1S/C7H8.C6H13N.C2H2/c1-7-5-3-2-4-6-7;1-6-4-2-3-5-7-6;1-2/h2-6H,1H3;6-7H,2-5H2,1H3;1-2H/t;6-;/m.0./s1. The van der Waals surface area contributed by atoms with Crippen molar-refractivity contribution in [3.63, 3.8) is 0 Å². The number of benzene rings is 1. The zero-order valence-corrected chi connectivity index (χ0v) is 10.4. The Hall–Kier alpha value is -1.26. The molecule has 1 aromatic carbocycles. The minimum absolute atomic E-state index is 0.786. The highest BCUT2D eigenvalue weighted by molar-refractivity contribution is 5.11. The molecule has 1 atom stereocenters. The summed E-state index contributed by atoms with van der Waals surface area (Å²) in [5, 5.41) is 3.38. The summed E-state index contributed by atoms with van der Waals surface area (Å²) >= 11 is 0. The smallest absolute Gasteiger partial charge is 0.00387 e. The lowest BCUT2D eigenvalue weighted by molar-refractivity contribution is 0.425. The monoisotopic (exact) mass is 217 g/mol. The van der Waals surface area contributed by atoms with E-state index in [2.05, 4.69) is 44.1 Å². The van der Waals surface area contributed by atoms with Crippen molar-refractivity contribution in [2.45, 2.75) is 39.2 Å². The van der Waals surface area contributed by atoms with Crippen molar-refractivity contribution in [1.82, 2.24) is 5.32 Å². The number of nitrogens with one attached hydrogen (secondary N) is 1. The van der Waals surface area contributed by atoms with Gasteiger partial charge in [-0.25, -0.2) is 0 Å². The van der Waals surface area contributed by atoms with Crippen LogP contribution in [-0.4, -0.2) is 12.6 Å². The van der Waals surface area contributed by atoms with Crippen molar-refractivity contribution in [2.75, 3.05) is 6.54 Å². The molecule has 0 aromatic heterocycles. The second-order valence-electron chi connectivity index (χ2n) is 4.01. The van der Waals surface area contributed by atoms with E-state index < -0.39 is 0 Å². The maximum Gasteiger partial charge on any atom is 0.00387 e. The molecule has 16 heavy (non-hydrogen) atoms. The third-order valence-corrected chi connectivity index (χ3v) is 2.50. The summed E-state index contributed by atoms with van der Waals surface area (Å²) in [6.45, 7) is 5.57. The maximum absolute atomic E-state index is 4.00. The highest BCUT2D eigenvalue weighted by atomic mass is 14.9. The van der Waals surface area contributed by atoms with Crippen LogP contribution < -0.4 is 5.32 Å². The van der Waals surface area contributed by atoms with E-state index >= 15 is 0 Å². The van der Waals surface area contributed by atoms with Gasteiger partial charge in [-0.15, -0.1) is 12.8 Å². The summed E-state index contributed by atoms with van der Waals surface area (Å²) in [5.74, 6) is 0. The highest BCUT2D eigenvalue weighted by Crippen LogP contribution is 2.04. The second-order valence-corrected chi connectivity index (χ2v) is 4.01. The molecule has 1 nitrogen and oxygen atoms in total. The Balaban J connectivity index is 0.000000244. The lowest BCUT2D eigenvalue weighted by Gasteiger charge is -2.18.